The van der Waals surface area contributed by atoms with E-state index in [1.165, 1.54) is 19.4 Å². The molecule has 0 aromatic carbocycles. The monoisotopic (exact) mass is 125 g/mol. The van der Waals surface area contributed by atoms with Gasteiger partial charge in [-0.1, -0.05) is 13.8 Å². The van der Waals surface area contributed by atoms with Crippen molar-refractivity contribution in [2.45, 2.75) is 32.2 Å². The van der Waals surface area contributed by atoms with E-state index in [9.17, 15) is 0 Å². The van der Waals surface area contributed by atoms with Crippen molar-refractivity contribution in [1.29, 1.82) is 0 Å². The van der Waals surface area contributed by atoms with E-state index in [2.05, 4.69) is 19.2 Å². The summed E-state index contributed by atoms with van der Waals surface area (Å²) in [5.74, 6) is 1.89. The van der Waals surface area contributed by atoms with Gasteiger partial charge >= 0.3 is 0 Å². The summed E-state index contributed by atoms with van der Waals surface area (Å²) in [6.07, 6.45) is 2.82. The van der Waals surface area contributed by atoms with E-state index in [0.717, 1.165) is 11.8 Å². The van der Waals surface area contributed by atoms with Crippen LogP contribution in [0.2, 0.25) is 0 Å². The molecule has 1 nitrogen and oxygen atoms in total. The lowest BCUT2D eigenvalue weighted by molar-refractivity contribution is 0.532. The Hall–Kier alpha value is -0.0400. The summed E-state index contributed by atoms with van der Waals surface area (Å²) in [6, 6.07) is 0. The summed E-state index contributed by atoms with van der Waals surface area (Å²) in [5.41, 5.74) is 0.611. The van der Waals surface area contributed by atoms with E-state index in [1.807, 2.05) is 0 Å². The molecule has 1 N–H and O–H groups in total. The highest BCUT2D eigenvalue weighted by molar-refractivity contribution is 5.16. The molecule has 1 spiro atoms. The number of nitrogens with one attached hydrogen (secondary N) is 1. The molecule has 0 aromatic heterocycles. The van der Waals surface area contributed by atoms with Gasteiger partial charge < -0.3 is 5.32 Å². The lowest BCUT2D eigenvalue weighted by Gasteiger charge is -2.06. The molecule has 1 saturated carbocycles. The summed E-state index contributed by atoms with van der Waals surface area (Å²) in [6.45, 7) is 5.99. The minimum atomic E-state index is 0.611. The van der Waals surface area contributed by atoms with Gasteiger partial charge in [0.05, 0.1) is 0 Å². The zero-order valence-electron chi connectivity index (χ0n) is 6.28. The molecule has 0 radical (unpaired) electrons. The normalized spacial score (nSPS) is 56.7. The highest BCUT2D eigenvalue weighted by Gasteiger charge is 2.59. The van der Waals surface area contributed by atoms with Crippen LogP contribution in [-0.2, 0) is 0 Å². The minimum absolute atomic E-state index is 0.611. The van der Waals surface area contributed by atoms with Crippen LogP contribution in [0.25, 0.3) is 0 Å². The quantitative estimate of drug-likeness (QED) is 0.516. The molecule has 1 saturated heterocycles. The average Bonchev–Trinajstić information content (AvgIpc) is 2.44. The van der Waals surface area contributed by atoms with E-state index < -0.39 is 0 Å². The van der Waals surface area contributed by atoms with Crippen molar-refractivity contribution in [3.8, 4) is 0 Å². The molecule has 1 aliphatic carbocycles. The standard InChI is InChI=1S/C8H15N/c1-6-7(2)8(6)4-3-5-9-8/h6-7,9H,3-5H2,1-2H3/t6-,7?,8?/m1/s1. The molecular formula is C8H15N. The summed E-state index contributed by atoms with van der Waals surface area (Å²) >= 11 is 0. The number of hydrogen-bond donors (Lipinski definition) is 1. The lowest BCUT2D eigenvalue weighted by Crippen LogP contribution is -2.26. The fraction of sp³-hybridized carbons (Fsp3) is 1.00. The van der Waals surface area contributed by atoms with Gasteiger partial charge in [-0.3, -0.25) is 0 Å². The topological polar surface area (TPSA) is 12.0 Å². The third kappa shape index (κ3) is 0.536. The molecule has 1 heterocycles. The van der Waals surface area contributed by atoms with Crippen molar-refractivity contribution in [2.75, 3.05) is 6.54 Å². The molecule has 9 heavy (non-hydrogen) atoms. The first-order chi connectivity index (χ1) is 4.27. The van der Waals surface area contributed by atoms with Gasteiger partial charge in [0.2, 0.25) is 0 Å². The van der Waals surface area contributed by atoms with Crippen molar-refractivity contribution in [2.24, 2.45) is 11.8 Å². The number of rotatable bonds is 0. The van der Waals surface area contributed by atoms with Gasteiger partial charge in [0.15, 0.2) is 0 Å². The summed E-state index contributed by atoms with van der Waals surface area (Å²) in [4.78, 5) is 0. The highest BCUT2D eigenvalue weighted by Crippen LogP contribution is 2.54. The maximum absolute atomic E-state index is 3.61. The Morgan fingerprint density at radius 1 is 1.33 bits per heavy atom. The Bertz CT molecular complexity index is 115. The fourth-order valence-electron chi connectivity index (χ4n) is 2.43. The van der Waals surface area contributed by atoms with E-state index in [-0.39, 0.29) is 0 Å². The second-order valence-corrected chi connectivity index (χ2v) is 3.65. The zero-order chi connectivity index (χ0) is 6.48. The third-order valence-electron chi connectivity index (χ3n) is 3.49. The van der Waals surface area contributed by atoms with Crippen LogP contribution in [0.4, 0.5) is 0 Å². The first-order valence-corrected chi connectivity index (χ1v) is 4.02. The van der Waals surface area contributed by atoms with Crippen LogP contribution in [0.1, 0.15) is 26.7 Å². The lowest BCUT2D eigenvalue weighted by atomic mass is 10.1. The Kier molecular flexibility index (Phi) is 0.963. The molecular weight excluding hydrogens is 110 g/mol. The Labute approximate surface area is 56.8 Å². The van der Waals surface area contributed by atoms with Crippen molar-refractivity contribution < 1.29 is 0 Å². The van der Waals surface area contributed by atoms with Gasteiger partial charge in [-0.05, 0) is 31.2 Å². The van der Waals surface area contributed by atoms with Crippen molar-refractivity contribution >= 4 is 0 Å². The zero-order valence-corrected chi connectivity index (χ0v) is 6.28. The number of hydrogen-bond acceptors (Lipinski definition) is 1. The van der Waals surface area contributed by atoms with E-state index >= 15 is 0 Å². The first kappa shape index (κ1) is 5.72. The average molecular weight is 125 g/mol. The molecule has 2 aliphatic rings. The van der Waals surface area contributed by atoms with Gasteiger partial charge in [-0.25, -0.2) is 0 Å². The van der Waals surface area contributed by atoms with Gasteiger partial charge in [0.1, 0.15) is 0 Å². The van der Waals surface area contributed by atoms with Crippen molar-refractivity contribution in [3.63, 3.8) is 0 Å². The third-order valence-corrected chi connectivity index (χ3v) is 3.49. The predicted octanol–water partition coefficient (Wildman–Crippen LogP) is 1.39. The first-order valence-electron chi connectivity index (χ1n) is 4.02. The van der Waals surface area contributed by atoms with Crippen LogP contribution in [-0.4, -0.2) is 12.1 Å². The molecule has 1 heteroatoms. The van der Waals surface area contributed by atoms with Crippen LogP contribution in [0, 0.1) is 11.8 Å². The van der Waals surface area contributed by atoms with Crippen LogP contribution in [0.3, 0.4) is 0 Å². The van der Waals surface area contributed by atoms with Crippen molar-refractivity contribution in [3.05, 3.63) is 0 Å². The van der Waals surface area contributed by atoms with Crippen LogP contribution < -0.4 is 5.32 Å². The van der Waals surface area contributed by atoms with E-state index in [1.54, 1.807) is 0 Å². The summed E-state index contributed by atoms with van der Waals surface area (Å²) in [5, 5.41) is 3.61. The smallest absolute Gasteiger partial charge is 0.0239 e. The molecule has 3 atom stereocenters. The van der Waals surface area contributed by atoms with Gasteiger partial charge in [-0.15, -0.1) is 0 Å². The molecule has 2 unspecified atom stereocenters. The van der Waals surface area contributed by atoms with E-state index in [0.29, 0.717) is 5.54 Å². The molecule has 0 amide bonds. The maximum Gasteiger partial charge on any atom is 0.0239 e. The highest BCUT2D eigenvalue weighted by atomic mass is 15.1. The Morgan fingerprint density at radius 2 is 2.00 bits per heavy atom. The molecule has 2 fully saturated rings. The maximum atomic E-state index is 3.61. The summed E-state index contributed by atoms with van der Waals surface area (Å²) < 4.78 is 0. The van der Waals surface area contributed by atoms with Crippen LogP contribution in [0.15, 0.2) is 0 Å². The van der Waals surface area contributed by atoms with Gasteiger partial charge in [0, 0.05) is 5.54 Å². The molecule has 2 rings (SSSR count). The van der Waals surface area contributed by atoms with Gasteiger partial charge in [0.25, 0.3) is 0 Å². The molecule has 1 aliphatic heterocycles. The largest absolute Gasteiger partial charge is 0.311 e. The van der Waals surface area contributed by atoms with Gasteiger partial charge in [-0.2, -0.15) is 0 Å². The predicted molar refractivity (Wildman–Crippen MR) is 38.3 cm³/mol. The SMILES string of the molecule is CC1[C@@H](C)C12CCCN2. The van der Waals surface area contributed by atoms with Crippen LogP contribution >= 0.6 is 0 Å². The minimum Gasteiger partial charge on any atom is -0.311 e. The second kappa shape index (κ2) is 1.51. The fourth-order valence-corrected chi connectivity index (χ4v) is 2.43. The summed E-state index contributed by atoms with van der Waals surface area (Å²) in [7, 11) is 0. The van der Waals surface area contributed by atoms with Crippen LogP contribution in [0.5, 0.6) is 0 Å². The van der Waals surface area contributed by atoms with E-state index in [4.69, 9.17) is 0 Å². The molecule has 52 valence electrons. The second-order valence-electron chi connectivity index (χ2n) is 3.65. The Balaban J connectivity index is 2.11. The molecule has 0 bridgehead atoms. The molecule has 0 aromatic rings. The van der Waals surface area contributed by atoms with Crippen molar-refractivity contribution in [1.82, 2.24) is 5.32 Å². The Morgan fingerprint density at radius 3 is 2.22 bits per heavy atom.